The summed E-state index contributed by atoms with van der Waals surface area (Å²) in [6, 6.07) is 8.30. The predicted octanol–water partition coefficient (Wildman–Crippen LogP) is 1.77. The molecule has 2 heteroatoms. The highest BCUT2D eigenvalue weighted by Crippen LogP contribution is 2.06. The highest BCUT2D eigenvalue weighted by atomic mass is 14.8. The van der Waals surface area contributed by atoms with Gasteiger partial charge >= 0.3 is 0 Å². The number of nitrogens with one attached hydrogen (secondary N) is 1. The van der Waals surface area contributed by atoms with Crippen molar-refractivity contribution < 1.29 is 0 Å². The van der Waals surface area contributed by atoms with Gasteiger partial charge in [0, 0.05) is 6.54 Å². The molecule has 0 saturated carbocycles. The van der Waals surface area contributed by atoms with E-state index in [1.54, 1.807) is 0 Å². The number of nitrogens with two attached hydrogens (primary N) is 1. The fourth-order valence-corrected chi connectivity index (χ4v) is 1.27. The third-order valence-corrected chi connectivity index (χ3v) is 2.06. The van der Waals surface area contributed by atoms with Gasteiger partial charge in [-0.15, -0.1) is 0 Å². The monoisotopic (exact) mass is 190 g/mol. The van der Waals surface area contributed by atoms with Crippen molar-refractivity contribution in [2.75, 3.05) is 13.6 Å². The van der Waals surface area contributed by atoms with Gasteiger partial charge in [-0.05, 0) is 31.1 Å². The van der Waals surface area contributed by atoms with E-state index in [-0.39, 0.29) is 0 Å². The third-order valence-electron chi connectivity index (χ3n) is 2.06. The molecule has 0 heterocycles. The van der Waals surface area contributed by atoms with E-state index in [2.05, 4.69) is 29.6 Å². The van der Waals surface area contributed by atoms with Crippen LogP contribution in [0.4, 0.5) is 0 Å². The first-order valence-corrected chi connectivity index (χ1v) is 4.97. The Morgan fingerprint density at radius 1 is 1.43 bits per heavy atom. The fourth-order valence-electron chi connectivity index (χ4n) is 1.27. The summed E-state index contributed by atoms with van der Waals surface area (Å²) in [5, 5.41) is 3.11. The lowest BCUT2D eigenvalue weighted by molar-refractivity contribution is 0.809. The lowest BCUT2D eigenvalue weighted by Gasteiger charge is -1.98. The van der Waals surface area contributed by atoms with Gasteiger partial charge in [0.15, 0.2) is 0 Å². The summed E-state index contributed by atoms with van der Waals surface area (Å²) in [7, 11) is 1.96. The highest BCUT2D eigenvalue weighted by Gasteiger charge is 1.89. The molecule has 0 bridgehead atoms. The maximum absolute atomic E-state index is 5.56. The summed E-state index contributed by atoms with van der Waals surface area (Å²) in [5.41, 5.74) is 7.97. The van der Waals surface area contributed by atoms with Gasteiger partial charge in [-0.3, -0.25) is 0 Å². The van der Waals surface area contributed by atoms with Crippen LogP contribution in [-0.2, 0) is 6.54 Å². The maximum Gasteiger partial charge on any atom is 0.0178 e. The molecule has 0 aliphatic carbocycles. The van der Waals surface area contributed by atoms with E-state index in [1.165, 1.54) is 11.1 Å². The van der Waals surface area contributed by atoms with Crippen LogP contribution in [-0.4, -0.2) is 13.6 Å². The molecular weight excluding hydrogens is 172 g/mol. The molecule has 1 aromatic rings. The molecule has 0 amide bonds. The number of benzene rings is 1. The number of hydrogen-bond donors (Lipinski definition) is 2. The van der Waals surface area contributed by atoms with Crippen LogP contribution in [0.5, 0.6) is 0 Å². The van der Waals surface area contributed by atoms with Gasteiger partial charge in [0.05, 0.1) is 0 Å². The molecule has 0 spiro atoms. The van der Waals surface area contributed by atoms with Gasteiger partial charge < -0.3 is 11.1 Å². The van der Waals surface area contributed by atoms with Crippen molar-refractivity contribution in [3.8, 4) is 0 Å². The summed E-state index contributed by atoms with van der Waals surface area (Å²) in [5.74, 6) is 0. The van der Waals surface area contributed by atoms with Crippen LogP contribution >= 0.6 is 0 Å². The molecule has 0 unspecified atom stereocenters. The Kier molecular flexibility index (Phi) is 4.97. The Hall–Kier alpha value is -1.12. The zero-order chi connectivity index (χ0) is 10.2. The molecule has 76 valence electrons. The van der Waals surface area contributed by atoms with Crippen molar-refractivity contribution in [1.82, 2.24) is 5.32 Å². The second-order valence-electron chi connectivity index (χ2n) is 3.24. The van der Waals surface area contributed by atoms with Crippen LogP contribution in [0.2, 0.25) is 0 Å². The summed E-state index contributed by atoms with van der Waals surface area (Å²) in [6.45, 7) is 1.63. The molecule has 3 N–H and O–H groups in total. The zero-order valence-electron chi connectivity index (χ0n) is 8.66. The molecule has 0 saturated heterocycles. The van der Waals surface area contributed by atoms with E-state index in [1.807, 2.05) is 19.2 Å². The molecule has 14 heavy (non-hydrogen) atoms. The molecule has 1 aromatic carbocycles. The summed E-state index contributed by atoms with van der Waals surface area (Å²) >= 11 is 0. The van der Waals surface area contributed by atoms with Crippen LogP contribution in [0.15, 0.2) is 30.3 Å². The first-order chi connectivity index (χ1) is 6.86. The smallest absolute Gasteiger partial charge is 0.0178 e. The van der Waals surface area contributed by atoms with Crippen molar-refractivity contribution in [2.45, 2.75) is 13.0 Å². The number of rotatable bonds is 5. The van der Waals surface area contributed by atoms with E-state index in [4.69, 9.17) is 5.73 Å². The standard InChI is InChI=1S/C12H18N2/c1-14-8-3-2-5-11-6-4-7-12(9-11)10-13/h2,4-7,9,14H,3,8,10,13H2,1H3. The van der Waals surface area contributed by atoms with Crippen molar-refractivity contribution in [2.24, 2.45) is 5.73 Å². The Labute approximate surface area is 85.8 Å². The molecule has 0 aliphatic rings. The molecule has 0 atom stereocenters. The zero-order valence-corrected chi connectivity index (χ0v) is 8.66. The van der Waals surface area contributed by atoms with E-state index in [0.29, 0.717) is 6.54 Å². The van der Waals surface area contributed by atoms with Crippen LogP contribution < -0.4 is 11.1 Å². The minimum absolute atomic E-state index is 0.609. The summed E-state index contributed by atoms with van der Waals surface area (Å²) < 4.78 is 0. The van der Waals surface area contributed by atoms with Crippen molar-refractivity contribution in [1.29, 1.82) is 0 Å². The molecule has 0 aromatic heterocycles. The Morgan fingerprint density at radius 2 is 2.29 bits per heavy atom. The van der Waals surface area contributed by atoms with Gasteiger partial charge in [0.1, 0.15) is 0 Å². The van der Waals surface area contributed by atoms with Gasteiger partial charge in [0.25, 0.3) is 0 Å². The lowest BCUT2D eigenvalue weighted by Crippen LogP contribution is -2.05. The van der Waals surface area contributed by atoms with Crippen molar-refractivity contribution >= 4 is 6.08 Å². The average Bonchev–Trinajstić information content (AvgIpc) is 2.25. The molecular formula is C12H18N2. The molecule has 0 fully saturated rings. The summed E-state index contributed by atoms with van der Waals surface area (Å²) in [4.78, 5) is 0. The van der Waals surface area contributed by atoms with E-state index < -0.39 is 0 Å². The largest absolute Gasteiger partial charge is 0.326 e. The first-order valence-electron chi connectivity index (χ1n) is 4.97. The third kappa shape index (κ3) is 3.73. The SMILES string of the molecule is CNCCC=Cc1cccc(CN)c1. The second-order valence-corrected chi connectivity index (χ2v) is 3.24. The molecule has 0 radical (unpaired) electrons. The second kappa shape index (κ2) is 6.35. The first kappa shape index (κ1) is 11.0. The molecule has 1 rings (SSSR count). The van der Waals surface area contributed by atoms with Crippen molar-refractivity contribution in [3.63, 3.8) is 0 Å². The maximum atomic E-state index is 5.56. The van der Waals surface area contributed by atoms with Crippen LogP contribution in [0.25, 0.3) is 6.08 Å². The van der Waals surface area contributed by atoms with E-state index in [0.717, 1.165) is 13.0 Å². The van der Waals surface area contributed by atoms with Crippen LogP contribution in [0.3, 0.4) is 0 Å². The van der Waals surface area contributed by atoms with Gasteiger partial charge in [0.2, 0.25) is 0 Å². The predicted molar refractivity (Wildman–Crippen MR) is 61.9 cm³/mol. The van der Waals surface area contributed by atoms with E-state index in [9.17, 15) is 0 Å². The Balaban J connectivity index is 2.53. The minimum Gasteiger partial charge on any atom is -0.326 e. The van der Waals surface area contributed by atoms with E-state index >= 15 is 0 Å². The fraction of sp³-hybridized carbons (Fsp3) is 0.333. The highest BCUT2D eigenvalue weighted by molar-refractivity contribution is 5.50. The molecule has 0 aliphatic heterocycles. The summed E-state index contributed by atoms with van der Waals surface area (Å²) in [6.07, 6.45) is 5.37. The Bertz CT molecular complexity index is 292. The minimum atomic E-state index is 0.609. The van der Waals surface area contributed by atoms with Gasteiger partial charge in [-0.1, -0.05) is 36.4 Å². The quantitative estimate of drug-likeness (QED) is 0.694. The molecule has 2 nitrogen and oxygen atoms in total. The van der Waals surface area contributed by atoms with Crippen molar-refractivity contribution in [3.05, 3.63) is 41.5 Å². The number of hydrogen-bond acceptors (Lipinski definition) is 2. The normalized spacial score (nSPS) is 11.0. The Morgan fingerprint density at radius 3 is 3.00 bits per heavy atom. The topological polar surface area (TPSA) is 38.0 Å². The van der Waals surface area contributed by atoms with Gasteiger partial charge in [-0.2, -0.15) is 0 Å². The van der Waals surface area contributed by atoms with Gasteiger partial charge in [-0.25, -0.2) is 0 Å². The van der Waals surface area contributed by atoms with Crippen LogP contribution in [0.1, 0.15) is 17.5 Å². The van der Waals surface area contributed by atoms with Crippen LogP contribution in [0, 0.1) is 0 Å². The lowest BCUT2D eigenvalue weighted by atomic mass is 10.1. The average molecular weight is 190 g/mol.